The fourth-order valence-electron chi connectivity index (χ4n) is 1.83. The number of benzene rings is 2. The monoisotopic (exact) mass is 275 g/mol. The van der Waals surface area contributed by atoms with Crippen molar-refractivity contribution in [3.05, 3.63) is 59.4 Å². The van der Waals surface area contributed by atoms with Crippen molar-refractivity contribution in [3.63, 3.8) is 0 Å². The molecule has 2 rings (SSSR count). The summed E-state index contributed by atoms with van der Waals surface area (Å²) in [6.07, 6.45) is 0. The number of hydrogen-bond acceptors (Lipinski definition) is 2. The number of nitrogens with one attached hydrogen (secondary N) is 1. The van der Waals surface area contributed by atoms with Crippen molar-refractivity contribution in [2.75, 3.05) is 6.54 Å². The maximum absolute atomic E-state index is 13.4. The van der Waals surface area contributed by atoms with Gasteiger partial charge in [-0.1, -0.05) is 36.9 Å². The molecule has 0 aromatic heterocycles. The quantitative estimate of drug-likeness (QED) is 0.868. The molecule has 0 aliphatic heterocycles. The predicted octanol–water partition coefficient (Wildman–Crippen LogP) is 4.39. The largest absolute Gasteiger partial charge is 0.313 e. The van der Waals surface area contributed by atoms with Gasteiger partial charge in [0.15, 0.2) is 0 Å². The van der Waals surface area contributed by atoms with Gasteiger partial charge in [0.05, 0.1) is 0 Å². The van der Waals surface area contributed by atoms with Crippen molar-refractivity contribution in [1.82, 2.24) is 5.32 Å². The molecule has 2 aromatic carbocycles. The van der Waals surface area contributed by atoms with Gasteiger partial charge in [-0.2, -0.15) is 0 Å². The van der Waals surface area contributed by atoms with Crippen molar-refractivity contribution in [2.24, 2.45) is 0 Å². The zero-order valence-corrected chi connectivity index (χ0v) is 12.1. The van der Waals surface area contributed by atoms with Gasteiger partial charge >= 0.3 is 0 Å². The maximum Gasteiger partial charge on any atom is 0.123 e. The molecule has 0 saturated carbocycles. The maximum atomic E-state index is 13.4. The van der Waals surface area contributed by atoms with Crippen LogP contribution < -0.4 is 5.32 Å². The van der Waals surface area contributed by atoms with E-state index in [0.717, 1.165) is 17.0 Å². The van der Waals surface area contributed by atoms with Crippen LogP contribution in [0.2, 0.25) is 0 Å². The van der Waals surface area contributed by atoms with E-state index in [9.17, 15) is 4.39 Å². The van der Waals surface area contributed by atoms with Crippen LogP contribution in [-0.2, 0) is 6.54 Å². The predicted molar refractivity (Wildman–Crippen MR) is 79.1 cm³/mol. The van der Waals surface area contributed by atoms with Crippen molar-refractivity contribution in [2.45, 2.75) is 30.2 Å². The summed E-state index contributed by atoms with van der Waals surface area (Å²) in [6, 6.07) is 13.3. The fourth-order valence-corrected chi connectivity index (χ4v) is 2.85. The molecule has 2 aromatic rings. The summed E-state index contributed by atoms with van der Waals surface area (Å²) >= 11 is 1.69. The van der Waals surface area contributed by atoms with Crippen LogP contribution in [0.15, 0.2) is 52.3 Å². The van der Waals surface area contributed by atoms with E-state index in [0.29, 0.717) is 6.54 Å². The summed E-state index contributed by atoms with van der Waals surface area (Å²) in [5.74, 6) is -0.179. The average Bonchev–Trinajstić information content (AvgIpc) is 2.41. The smallest absolute Gasteiger partial charge is 0.123 e. The molecule has 0 aliphatic rings. The van der Waals surface area contributed by atoms with Crippen LogP contribution in [0.25, 0.3) is 0 Å². The van der Waals surface area contributed by atoms with Crippen molar-refractivity contribution >= 4 is 11.8 Å². The van der Waals surface area contributed by atoms with Crippen LogP contribution in [0, 0.1) is 12.7 Å². The normalized spacial score (nSPS) is 10.7. The Morgan fingerprint density at radius 1 is 1.11 bits per heavy atom. The van der Waals surface area contributed by atoms with E-state index in [-0.39, 0.29) is 5.82 Å². The Hall–Kier alpha value is -1.32. The Labute approximate surface area is 118 Å². The summed E-state index contributed by atoms with van der Waals surface area (Å²) in [5.41, 5.74) is 2.25. The highest BCUT2D eigenvalue weighted by Crippen LogP contribution is 2.32. The minimum Gasteiger partial charge on any atom is -0.313 e. The standard InChI is InChI=1S/C16H18FNS/c1-3-18-11-13-10-14(17)8-9-16(13)19-15-7-5-4-6-12(15)2/h4-10,18H,3,11H2,1-2H3. The zero-order valence-electron chi connectivity index (χ0n) is 11.2. The third-order valence-electron chi connectivity index (χ3n) is 2.90. The van der Waals surface area contributed by atoms with Crippen molar-refractivity contribution in [3.8, 4) is 0 Å². The zero-order chi connectivity index (χ0) is 13.7. The lowest BCUT2D eigenvalue weighted by Crippen LogP contribution is -2.12. The summed E-state index contributed by atoms with van der Waals surface area (Å²) in [6.45, 7) is 5.72. The Kier molecular flexibility index (Phi) is 5.00. The molecule has 0 fully saturated rings. The van der Waals surface area contributed by atoms with Gasteiger partial charge in [0.25, 0.3) is 0 Å². The number of rotatable bonds is 5. The first-order valence-corrected chi connectivity index (χ1v) is 7.25. The summed E-state index contributed by atoms with van der Waals surface area (Å²) in [7, 11) is 0. The molecular weight excluding hydrogens is 257 g/mol. The Morgan fingerprint density at radius 3 is 2.63 bits per heavy atom. The molecule has 1 N–H and O–H groups in total. The lowest BCUT2D eigenvalue weighted by Gasteiger charge is -2.11. The highest BCUT2D eigenvalue weighted by Gasteiger charge is 2.07. The van der Waals surface area contributed by atoms with Crippen LogP contribution in [0.5, 0.6) is 0 Å². The molecule has 0 heterocycles. The first-order valence-electron chi connectivity index (χ1n) is 6.43. The van der Waals surface area contributed by atoms with Gasteiger partial charge in [-0.3, -0.25) is 0 Å². The van der Waals surface area contributed by atoms with E-state index in [2.05, 4.69) is 24.4 Å². The van der Waals surface area contributed by atoms with Gasteiger partial charge in [-0.15, -0.1) is 0 Å². The van der Waals surface area contributed by atoms with Gasteiger partial charge in [-0.05, 0) is 48.9 Å². The molecule has 100 valence electrons. The number of hydrogen-bond donors (Lipinski definition) is 1. The Balaban J connectivity index is 2.26. The topological polar surface area (TPSA) is 12.0 Å². The molecule has 0 unspecified atom stereocenters. The molecule has 19 heavy (non-hydrogen) atoms. The Bertz CT molecular complexity index is 554. The average molecular weight is 275 g/mol. The second-order valence-corrected chi connectivity index (χ2v) is 5.48. The molecule has 0 radical (unpaired) electrons. The summed E-state index contributed by atoms with van der Waals surface area (Å²) < 4.78 is 13.4. The minimum absolute atomic E-state index is 0.179. The molecule has 3 heteroatoms. The van der Waals surface area contributed by atoms with Gasteiger partial charge in [-0.25, -0.2) is 4.39 Å². The van der Waals surface area contributed by atoms with Gasteiger partial charge in [0.2, 0.25) is 0 Å². The van der Waals surface area contributed by atoms with Gasteiger partial charge in [0, 0.05) is 16.3 Å². The highest BCUT2D eigenvalue weighted by molar-refractivity contribution is 7.99. The van der Waals surface area contributed by atoms with E-state index in [4.69, 9.17) is 0 Å². The lowest BCUT2D eigenvalue weighted by molar-refractivity contribution is 0.619. The van der Waals surface area contributed by atoms with Crippen molar-refractivity contribution in [1.29, 1.82) is 0 Å². The molecule has 0 atom stereocenters. The van der Waals surface area contributed by atoms with Crippen LogP contribution in [0.3, 0.4) is 0 Å². The van der Waals surface area contributed by atoms with E-state index in [1.165, 1.54) is 16.5 Å². The van der Waals surface area contributed by atoms with Crippen LogP contribution in [0.1, 0.15) is 18.1 Å². The van der Waals surface area contributed by atoms with E-state index < -0.39 is 0 Å². The van der Waals surface area contributed by atoms with Crippen LogP contribution in [-0.4, -0.2) is 6.54 Å². The minimum atomic E-state index is -0.179. The molecule has 0 spiro atoms. The fraction of sp³-hybridized carbons (Fsp3) is 0.250. The second-order valence-electron chi connectivity index (χ2n) is 4.40. The molecule has 0 bridgehead atoms. The second kappa shape index (κ2) is 6.73. The highest BCUT2D eigenvalue weighted by atomic mass is 32.2. The molecule has 0 saturated heterocycles. The van der Waals surface area contributed by atoms with Crippen LogP contribution >= 0.6 is 11.8 Å². The lowest BCUT2D eigenvalue weighted by atomic mass is 10.2. The molecule has 1 nitrogen and oxygen atoms in total. The van der Waals surface area contributed by atoms with Crippen LogP contribution in [0.4, 0.5) is 4.39 Å². The summed E-state index contributed by atoms with van der Waals surface area (Å²) in [4.78, 5) is 2.32. The Morgan fingerprint density at radius 2 is 1.89 bits per heavy atom. The van der Waals surface area contributed by atoms with Crippen molar-refractivity contribution < 1.29 is 4.39 Å². The molecule has 0 aliphatic carbocycles. The van der Waals surface area contributed by atoms with E-state index in [1.807, 2.05) is 25.1 Å². The third-order valence-corrected chi connectivity index (χ3v) is 4.20. The van der Waals surface area contributed by atoms with E-state index in [1.54, 1.807) is 17.8 Å². The third kappa shape index (κ3) is 3.82. The SMILES string of the molecule is CCNCc1cc(F)ccc1Sc1ccccc1C. The first-order chi connectivity index (χ1) is 9.20. The molecule has 0 amide bonds. The number of aryl methyl sites for hydroxylation is 1. The van der Waals surface area contributed by atoms with Gasteiger partial charge < -0.3 is 5.32 Å². The summed E-state index contributed by atoms with van der Waals surface area (Å²) in [5, 5.41) is 3.25. The van der Waals surface area contributed by atoms with E-state index >= 15 is 0 Å². The molecular formula is C16H18FNS. The first kappa shape index (κ1) is 14.1. The number of halogens is 1. The van der Waals surface area contributed by atoms with Gasteiger partial charge in [0.1, 0.15) is 5.82 Å².